The fraction of sp³-hybridized carbons (Fsp3) is 0. The highest BCUT2D eigenvalue weighted by molar-refractivity contribution is 9.10. The van der Waals surface area contributed by atoms with Gasteiger partial charge in [0.25, 0.3) is 15.7 Å². The Kier molecular flexibility index (Phi) is 4.26. The van der Waals surface area contributed by atoms with Gasteiger partial charge in [-0.1, -0.05) is 0 Å². The largest absolute Gasteiger partial charge is 0.278 e. The van der Waals surface area contributed by atoms with E-state index in [0.29, 0.717) is 4.47 Å². The van der Waals surface area contributed by atoms with Crippen molar-refractivity contribution in [3.05, 3.63) is 49.8 Å². The fourth-order valence-electron chi connectivity index (χ4n) is 1.42. The minimum absolute atomic E-state index is 0.0440. The molecule has 0 aliphatic carbocycles. The normalized spacial score (nSPS) is 10.9. The maximum Gasteiger partial charge on any atom is 0.271 e. The number of benzene rings is 1. The van der Waals surface area contributed by atoms with Gasteiger partial charge in [0.05, 0.1) is 10.6 Å². The first kappa shape index (κ1) is 15.4. The van der Waals surface area contributed by atoms with Gasteiger partial charge in [0.15, 0.2) is 0 Å². The molecule has 1 aromatic heterocycles. The molecule has 108 valence electrons. The molecule has 2 aromatic rings. The standard InChI is InChI=1S/C11H6BrN3O4S2/c12-9-3-1-7(15(16)17)5-10(9)14-21(18,19)11-4-2-8(6-13)20-11/h1-5,14H. The Labute approximate surface area is 132 Å². The average Bonchev–Trinajstić information content (AvgIpc) is 2.90. The summed E-state index contributed by atoms with van der Waals surface area (Å²) in [6.07, 6.45) is 0. The summed E-state index contributed by atoms with van der Waals surface area (Å²) in [5.41, 5.74) is -0.184. The molecular formula is C11H6BrN3O4S2. The van der Waals surface area contributed by atoms with Crippen molar-refractivity contribution in [2.24, 2.45) is 0 Å². The number of nitrogens with zero attached hydrogens (tertiary/aromatic N) is 2. The van der Waals surface area contributed by atoms with E-state index in [0.717, 1.165) is 17.4 Å². The van der Waals surface area contributed by atoms with Gasteiger partial charge in [0, 0.05) is 16.6 Å². The molecule has 1 heterocycles. The summed E-state index contributed by atoms with van der Waals surface area (Å²) in [5, 5.41) is 19.4. The smallest absolute Gasteiger partial charge is 0.271 e. The Bertz CT molecular complexity index is 855. The van der Waals surface area contributed by atoms with Crippen molar-refractivity contribution in [3.8, 4) is 6.07 Å². The number of nitriles is 1. The van der Waals surface area contributed by atoms with Gasteiger partial charge in [0.1, 0.15) is 15.2 Å². The third-order valence-electron chi connectivity index (χ3n) is 2.36. The zero-order valence-corrected chi connectivity index (χ0v) is 13.3. The number of nitro groups is 1. The molecule has 1 aromatic carbocycles. The van der Waals surface area contributed by atoms with Crippen LogP contribution in [-0.2, 0) is 10.0 Å². The van der Waals surface area contributed by atoms with Crippen LogP contribution in [0.5, 0.6) is 0 Å². The summed E-state index contributed by atoms with van der Waals surface area (Å²) in [6.45, 7) is 0. The van der Waals surface area contributed by atoms with Crippen LogP contribution in [-0.4, -0.2) is 13.3 Å². The van der Waals surface area contributed by atoms with Crippen molar-refractivity contribution in [3.63, 3.8) is 0 Å². The van der Waals surface area contributed by atoms with Gasteiger partial charge in [0.2, 0.25) is 0 Å². The monoisotopic (exact) mass is 387 g/mol. The van der Waals surface area contributed by atoms with Gasteiger partial charge in [-0.2, -0.15) is 5.26 Å². The van der Waals surface area contributed by atoms with Crippen LogP contribution in [0.15, 0.2) is 39.0 Å². The van der Waals surface area contributed by atoms with Crippen molar-refractivity contribution in [1.29, 1.82) is 5.26 Å². The fourth-order valence-corrected chi connectivity index (χ4v) is 4.08. The number of anilines is 1. The van der Waals surface area contributed by atoms with E-state index in [-0.39, 0.29) is 20.5 Å². The molecule has 0 saturated carbocycles. The number of hydrogen-bond donors (Lipinski definition) is 1. The lowest BCUT2D eigenvalue weighted by Crippen LogP contribution is -2.12. The van der Waals surface area contributed by atoms with Crippen LogP contribution in [0.25, 0.3) is 0 Å². The van der Waals surface area contributed by atoms with Crippen LogP contribution in [0.4, 0.5) is 11.4 Å². The van der Waals surface area contributed by atoms with Crippen LogP contribution >= 0.6 is 27.3 Å². The molecule has 0 amide bonds. The quantitative estimate of drug-likeness (QED) is 0.639. The summed E-state index contributed by atoms with van der Waals surface area (Å²) >= 11 is 3.94. The lowest BCUT2D eigenvalue weighted by Gasteiger charge is -2.08. The van der Waals surface area contributed by atoms with Crippen LogP contribution < -0.4 is 4.72 Å². The predicted octanol–water partition coefficient (Wildman–Crippen LogP) is 3.09. The van der Waals surface area contributed by atoms with E-state index in [1.807, 2.05) is 6.07 Å². The molecule has 0 spiro atoms. The van der Waals surface area contributed by atoms with Crippen molar-refractivity contribution >= 4 is 48.7 Å². The second-order valence-electron chi connectivity index (χ2n) is 3.76. The van der Waals surface area contributed by atoms with Gasteiger partial charge in [-0.15, -0.1) is 11.3 Å². The minimum Gasteiger partial charge on any atom is -0.278 e. The first-order chi connectivity index (χ1) is 9.83. The highest BCUT2D eigenvalue weighted by Crippen LogP contribution is 2.30. The van der Waals surface area contributed by atoms with Crippen molar-refractivity contribution in [2.75, 3.05) is 4.72 Å². The molecule has 7 nitrogen and oxygen atoms in total. The molecular weight excluding hydrogens is 382 g/mol. The Morgan fingerprint density at radius 2 is 2.05 bits per heavy atom. The van der Waals surface area contributed by atoms with E-state index >= 15 is 0 Å². The summed E-state index contributed by atoms with van der Waals surface area (Å²) < 4.78 is 26.9. The highest BCUT2D eigenvalue weighted by Gasteiger charge is 2.20. The molecule has 0 radical (unpaired) electrons. The molecule has 0 unspecified atom stereocenters. The molecule has 10 heteroatoms. The first-order valence-corrected chi connectivity index (χ1v) is 8.39. The summed E-state index contributed by atoms with van der Waals surface area (Å²) in [7, 11) is -3.90. The van der Waals surface area contributed by atoms with Gasteiger partial charge < -0.3 is 0 Å². The third kappa shape index (κ3) is 3.38. The number of rotatable bonds is 4. The van der Waals surface area contributed by atoms with Crippen LogP contribution in [0, 0.1) is 21.4 Å². The van der Waals surface area contributed by atoms with E-state index in [4.69, 9.17) is 5.26 Å². The molecule has 1 N–H and O–H groups in total. The first-order valence-electron chi connectivity index (χ1n) is 5.30. The van der Waals surface area contributed by atoms with Crippen LogP contribution in [0.1, 0.15) is 4.88 Å². The van der Waals surface area contributed by atoms with Gasteiger partial charge in [-0.3, -0.25) is 14.8 Å². The maximum atomic E-state index is 12.2. The molecule has 21 heavy (non-hydrogen) atoms. The van der Waals surface area contributed by atoms with E-state index in [1.165, 1.54) is 24.3 Å². The molecule has 0 saturated heterocycles. The Balaban J connectivity index is 2.39. The number of halogens is 1. The summed E-state index contributed by atoms with van der Waals surface area (Å²) in [5.74, 6) is 0. The van der Waals surface area contributed by atoms with Crippen molar-refractivity contribution in [1.82, 2.24) is 0 Å². The molecule has 0 fully saturated rings. The zero-order chi connectivity index (χ0) is 15.6. The molecule has 0 atom stereocenters. The second-order valence-corrected chi connectivity index (χ2v) is 7.60. The SMILES string of the molecule is N#Cc1ccc(S(=O)(=O)Nc2cc([N+](=O)[O-])ccc2Br)s1. The third-order valence-corrected chi connectivity index (χ3v) is 5.90. The average molecular weight is 388 g/mol. The second kappa shape index (κ2) is 5.80. The lowest BCUT2D eigenvalue weighted by atomic mass is 10.3. The minimum atomic E-state index is -3.90. The van der Waals surface area contributed by atoms with Crippen molar-refractivity contribution < 1.29 is 13.3 Å². The Morgan fingerprint density at radius 3 is 2.62 bits per heavy atom. The molecule has 2 rings (SSSR count). The van der Waals surface area contributed by atoms with E-state index < -0.39 is 14.9 Å². The van der Waals surface area contributed by atoms with Gasteiger partial charge in [-0.25, -0.2) is 8.42 Å². The topological polar surface area (TPSA) is 113 Å². The Morgan fingerprint density at radius 1 is 1.33 bits per heavy atom. The van der Waals surface area contributed by atoms with E-state index in [9.17, 15) is 18.5 Å². The molecule has 0 bridgehead atoms. The van der Waals surface area contributed by atoms with Gasteiger partial charge >= 0.3 is 0 Å². The summed E-state index contributed by atoms with van der Waals surface area (Å²) in [4.78, 5) is 10.4. The van der Waals surface area contributed by atoms with Crippen LogP contribution in [0.2, 0.25) is 0 Å². The van der Waals surface area contributed by atoms with Crippen molar-refractivity contribution in [2.45, 2.75) is 4.21 Å². The molecule has 0 aliphatic heterocycles. The van der Waals surface area contributed by atoms with E-state index in [1.54, 1.807) is 0 Å². The number of nitrogens with one attached hydrogen (secondary N) is 1. The van der Waals surface area contributed by atoms with Crippen LogP contribution in [0.3, 0.4) is 0 Å². The lowest BCUT2D eigenvalue weighted by molar-refractivity contribution is -0.384. The number of sulfonamides is 1. The number of nitro benzene ring substituents is 1. The number of non-ortho nitro benzene ring substituents is 1. The summed E-state index contributed by atoms with van der Waals surface area (Å²) in [6, 6.07) is 8.28. The van der Waals surface area contributed by atoms with E-state index in [2.05, 4.69) is 20.7 Å². The number of hydrogen-bond acceptors (Lipinski definition) is 6. The number of thiophene rings is 1. The maximum absolute atomic E-state index is 12.2. The zero-order valence-electron chi connectivity index (χ0n) is 10.1. The Hall–Kier alpha value is -1.96. The predicted molar refractivity (Wildman–Crippen MR) is 80.6 cm³/mol. The van der Waals surface area contributed by atoms with Gasteiger partial charge in [-0.05, 0) is 34.1 Å². The molecule has 0 aliphatic rings. The highest BCUT2D eigenvalue weighted by atomic mass is 79.9.